The number of aryl methyl sites for hydroxylation is 1. The maximum absolute atomic E-state index is 12.2. The molecule has 2 N–H and O–H groups in total. The maximum atomic E-state index is 12.2. The summed E-state index contributed by atoms with van der Waals surface area (Å²) in [6.45, 7) is 2.87. The van der Waals surface area contributed by atoms with Crippen molar-refractivity contribution in [1.82, 2.24) is 9.88 Å². The van der Waals surface area contributed by atoms with Crippen LogP contribution in [0.3, 0.4) is 0 Å². The van der Waals surface area contributed by atoms with Crippen LogP contribution in [0.1, 0.15) is 31.7 Å². The molecule has 7 heteroatoms. The third-order valence-electron chi connectivity index (χ3n) is 4.53. The zero-order valence-corrected chi connectivity index (χ0v) is 15.6. The van der Waals surface area contributed by atoms with Gasteiger partial charge < -0.3 is 10.4 Å². The van der Waals surface area contributed by atoms with E-state index in [0.717, 1.165) is 30.5 Å². The molecule has 1 aromatic heterocycles. The van der Waals surface area contributed by atoms with Gasteiger partial charge in [0, 0.05) is 10.9 Å². The fraction of sp³-hybridized carbons (Fsp3) is 0.421. The van der Waals surface area contributed by atoms with Crippen molar-refractivity contribution < 1.29 is 14.7 Å². The number of anilines is 1. The van der Waals surface area contributed by atoms with Gasteiger partial charge in [0.1, 0.15) is 6.04 Å². The first kappa shape index (κ1) is 18.5. The van der Waals surface area contributed by atoms with E-state index in [1.165, 1.54) is 16.9 Å². The van der Waals surface area contributed by atoms with Crippen LogP contribution in [-0.2, 0) is 16.0 Å². The lowest BCUT2D eigenvalue weighted by Crippen LogP contribution is -2.40. The van der Waals surface area contributed by atoms with Crippen molar-refractivity contribution in [3.05, 3.63) is 35.2 Å². The minimum Gasteiger partial charge on any atom is -0.480 e. The van der Waals surface area contributed by atoms with Crippen LogP contribution in [0.2, 0.25) is 0 Å². The monoisotopic (exact) mass is 373 g/mol. The molecule has 0 bridgehead atoms. The smallest absolute Gasteiger partial charge is 0.320 e. The van der Waals surface area contributed by atoms with Gasteiger partial charge >= 0.3 is 5.97 Å². The summed E-state index contributed by atoms with van der Waals surface area (Å²) in [5, 5.41) is 14.4. The number of hydrogen-bond donors (Lipinski definition) is 2. The van der Waals surface area contributed by atoms with Crippen molar-refractivity contribution in [3.63, 3.8) is 0 Å². The second-order valence-corrected chi connectivity index (χ2v) is 7.36. The number of nitrogens with one attached hydrogen (secondary N) is 1. The first-order valence-corrected chi connectivity index (χ1v) is 9.76. The molecule has 1 aliphatic heterocycles. The van der Waals surface area contributed by atoms with Crippen LogP contribution in [0.5, 0.6) is 0 Å². The predicted octanol–water partition coefficient (Wildman–Crippen LogP) is 3.25. The van der Waals surface area contributed by atoms with E-state index in [-0.39, 0.29) is 12.5 Å². The Morgan fingerprint density at radius 1 is 1.35 bits per heavy atom. The van der Waals surface area contributed by atoms with Crippen molar-refractivity contribution in [1.29, 1.82) is 0 Å². The number of rotatable bonds is 7. The number of aliphatic carboxylic acids is 1. The van der Waals surface area contributed by atoms with Crippen LogP contribution < -0.4 is 5.32 Å². The number of hydrogen-bond acceptors (Lipinski definition) is 5. The molecule has 0 unspecified atom stereocenters. The second kappa shape index (κ2) is 8.42. The van der Waals surface area contributed by atoms with Gasteiger partial charge in [-0.3, -0.25) is 14.5 Å². The third kappa shape index (κ3) is 4.47. The van der Waals surface area contributed by atoms with Crippen LogP contribution >= 0.6 is 11.3 Å². The number of amides is 1. The fourth-order valence-electron chi connectivity index (χ4n) is 3.23. The van der Waals surface area contributed by atoms with Gasteiger partial charge in [0.15, 0.2) is 5.13 Å². The van der Waals surface area contributed by atoms with Crippen molar-refractivity contribution in [3.8, 4) is 11.3 Å². The molecule has 0 spiro atoms. The van der Waals surface area contributed by atoms with Gasteiger partial charge in [-0.25, -0.2) is 4.98 Å². The summed E-state index contributed by atoms with van der Waals surface area (Å²) in [6.07, 6.45) is 3.58. The van der Waals surface area contributed by atoms with Crippen LogP contribution in [0.4, 0.5) is 5.13 Å². The lowest BCUT2D eigenvalue weighted by Gasteiger charge is -2.19. The number of benzene rings is 1. The number of nitrogens with zero attached hydrogens (tertiary/aromatic N) is 2. The van der Waals surface area contributed by atoms with Gasteiger partial charge in [0.2, 0.25) is 5.91 Å². The second-order valence-electron chi connectivity index (χ2n) is 6.50. The van der Waals surface area contributed by atoms with Gasteiger partial charge in [0.25, 0.3) is 0 Å². The summed E-state index contributed by atoms with van der Waals surface area (Å²) in [5.74, 6) is -1.09. The Bertz CT molecular complexity index is 773. The fourth-order valence-corrected chi connectivity index (χ4v) is 3.97. The van der Waals surface area contributed by atoms with Gasteiger partial charge in [-0.2, -0.15) is 0 Å². The lowest BCUT2D eigenvalue weighted by molar-refractivity contribution is -0.142. The molecule has 2 aromatic rings. The topological polar surface area (TPSA) is 82.5 Å². The summed E-state index contributed by atoms with van der Waals surface area (Å²) < 4.78 is 0. The van der Waals surface area contributed by atoms with Crippen molar-refractivity contribution >= 4 is 28.3 Å². The predicted molar refractivity (Wildman–Crippen MR) is 102 cm³/mol. The van der Waals surface area contributed by atoms with Gasteiger partial charge in [0.05, 0.1) is 12.2 Å². The van der Waals surface area contributed by atoms with E-state index in [4.69, 9.17) is 0 Å². The summed E-state index contributed by atoms with van der Waals surface area (Å²) in [5.41, 5.74) is 3.16. The molecule has 26 heavy (non-hydrogen) atoms. The maximum Gasteiger partial charge on any atom is 0.320 e. The van der Waals surface area contributed by atoms with Crippen molar-refractivity contribution in [2.45, 2.75) is 38.6 Å². The molecular formula is C19H23N3O3S. The van der Waals surface area contributed by atoms with Crippen LogP contribution in [0, 0.1) is 0 Å². The quantitative estimate of drug-likeness (QED) is 0.778. The van der Waals surface area contributed by atoms with Gasteiger partial charge in [-0.15, -0.1) is 11.3 Å². The van der Waals surface area contributed by atoms with E-state index >= 15 is 0 Å². The molecule has 1 aromatic carbocycles. The zero-order valence-electron chi connectivity index (χ0n) is 14.8. The normalized spacial score (nSPS) is 17.3. The molecule has 138 valence electrons. The number of carboxylic acid groups (broad SMARTS) is 1. The lowest BCUT2D eigenvalue weighted by atomic mass is 10.1. The highest BCUT2D eigenvalue weighted by Crippen LogP contribution is 2.25. The van der Waals surface area contributed by atoms with E-state index in [1.54, 1.807) is 4.90 Å². The minimum absolute atomic E-state index is 0.0809. The number of aromatic nitrogens is 1. The standard InChI is InChI=1S/C19H23N3O3S/c1-2-4-13-6-8-14(9-7-13)15-12-26-19(20-15)21-17(23)11-22-10-3-5-16(22)18(24)25/h6-9,12,16H,2-5,10-11H2,1H3,(H,24,25)(H,20,21,23)/t16-/m1/s1. The Labute approximate surface area is 156 Å². The van der Waals surface area contributed by atoms with Crippen LogP contribution in [-0.4, -0.2) is 46.0 Å². The van der Waals surface area contributed by atoms with E-state index in [0.29, 0.717) is 18.1 Å². The zero-order chi connectivity index (χ0) is 18.5. The van der Waals surface area contributed by atoms with Crippen LogP contribution in [0.25, 0.3) is 11.3 Å². The molecular weight excluding hydrogens is 350 g/mol. The molecule has 3 rings (SSSR count). The highest BCUT2D eigenvalue weighted by atomic mass is 32.1. The molecule has 6 nitrogen and oxygen atoms in total. The number of thiazole rings is 1. The molecule has 1 aliphatic rings. The number of likely N-dealkylation sites (tertiary alicyclic amines) is 1. The van der Waals surface area contributed by atoms with Crippen molar-refractivity contribution in [2.24, 2.45) is 0 Å². The molecule has 1 saturated heterocycles. The molecule has 0 radical (unpaired) electrons. The molecule has 0 saturated carbocycles. The first-order chi connectivity index (χ1) is 12.6. The number of carbonyl (C=O) groups excluding carboxylic acids is 1. The molecule has 0 aliphatic carbocycles. The highest BCUT2D eigenvalue weighted by molar-refractivity contribution is 7.14. The Hall–Kier alpha value is -2.25. The third-order valence-corrected chi connectivity index (χ3v) is 5.29. The summed E-state index contributed by atoms with van der Waals surface area (Å²) in [6, 6.07) is 7.75. The number of carbonyl (C=O) groups is 2. The van der Waals surface area contributed by atoms with E-state index < -0.39 is 12.0 Å². The first-order valence-electron chi connectivity index (χ1n) is 8.88. The molecule has 1 amide bonds. The highest BCUT2D eigenvalue weighted by Gasteiger charge is 2.31. The Morgan fingerprint density at radius 2 is 2.12 bits per heavy atom. The molecule has 1 fully saturated rings. The number of carboxylic acids is 1. The Balaban J connectivity index is 1.59. The van der Waals surface area contributed by atoms with E-state index in [9.17, 15) is 14.7 Å². The minimum atomic E-state index is -0.863. The molecule has 2 heterocycles. The largest absolute Gasteiger partial charge is 0.480 e. The summed E-state index contributed by atoms with van der Waals surface area (Å²) in [4.78, 5) is 29.6. The van der Waals surface area contributed by atoms with Gasteiger partial charge in [-0.05, 0) is 31.4 Å². The van der Waals surface area contributed by atoms with E-state index in [2.05, 4.69) is 29.4 Å². The summed E-state index contributed by atoms with van der Waals surface area (Å²) in [7, 11) is 0. The average Bonchev–Trinajstić information content (AvgIpc) is 3.25. The van der Waals surface area contributed by atoms with Crippen molar-refractivity contribution in [2.75, 3.05) is 18.4 Å². The summed E-state index contributed by atoms with van der Waals surface area (Å²) >= 11 is 1.37. The average molecular weight is 373 g/mol. The van der Waals surface area contributed by atoms with E-state index in [1.807, 2.05) is 17.5 Å². The van der Waals surface area contributed by atoms with Crippen LogP contribution in [0.15, 0.2) is 29.6 Å². The Kier molecular flexibility index (Phi) is 6.00. The molecule has 1 atom stereocenters. The Morgan fingerprint density at radius 3 is 2.81 bits per heavy atom. The SMILES string of the molecule is CCCc1ccc(-c2csc(NC(=O)CN3CCC[C@@H]3C(=O)O)n2)cc1. The van der Waals surface area contributed by atoms with Gasteiger partial charge in [-0.1, -0.05) is 37.6 Å².